The summed E-state index contributed by atoms with van der Waals surface area (Å²) in [6.45, 7) is 5.67. The third-order valence-corrected chi connectivity index (χ3v) is 7.52. The smallest absolute Gasteiger partial charge is 0.353 e. The number of esters is 1. The van der Waals surface area contributed by atoms with Gasteiger partial charge in [0.05, 0.1) is 23.5 Å². The minimum absolute atomic E-state index is 0.0960. The summed E-state index contributed by atoms with van der Waals surface area (Å²) >= 11 is 0. The van der Waals surface area contributed by atoms with Crippen molar-refractivity contribution < 1.29 is 14.5 Å². The molecule has 3 aromatic rings. The van der Waals surface area contributed by atoms with Crippen molar-refractivity contribution in [2.75, 3.05) is 55.7 Å². The first-order valence-corrected chi connectivity index (χ1v) is 13.6. The number of ether oxygens (including phenoxy) is 1. The lowest BCUT2D eigenvalue weighted by Crippen LogP contribution is -2.48. The number of aromatic nitrogens is 2. The zero-order valence-corrected chi connectivity index (χ0v) is 22.2. The van der Waals surface area contributed by atoms with E-state index in [2.05, 4.69) is 63.4 Å². The number of hydrogen-bond acceptors (Lipinski definition) is 9. The molecule has 0 aliphatic carbocycles. The fraction of sp³-hybridized carbons (Fsp3) is 0.414. The van der Waals surface area contributed by atoms with Gasteiger partial charge in [-0.1, -0.05) is 60.7 Å². The van der Waals surface area contributed by atoms with Crippen molar-refractivity contribution in [1.29, 1.82) is 0 Å². The Hall–Kier alpha value is -4.05. The number of carbonyl (C=O) groups is 1. The first-order chi connectivity index (χ1) is 19.1. The number of rotatable bonds is 8. The first kappa shape index (κ1) is 26.6. The van der Waals surface area contributed by atoms with Crippen LogP contribution < -0.4 is 9.80 Å². The summed E-state index contributed by atoms with van der Waals surface area (Å²) in [6, 6.07) is 20.9. The largest absolute Gasteiger partial charge is 0.466 e. The van der Waals surface area contributed by atoms with E-state index in [0.29, 0.717) is 45.0 Å². The van der Waals surface area contributed by atoms with Crippen LogP contribution >= 0.6 is 0 Å². The lowest BCUT2D eigenvalue weighted by Gasteiger charge is -2.40. The molecule has 2 saturated heterocycles. The van der Waals surface area contributed by atoms with Crippen LogP contribution in [0.15, 0.2) is 67.0 Å². The van der Waals surface area contributed by atoms with Gasteiger partial charge in [0.2, 0.25) is 11.6 Å². The van der Waals surface area contributed by atoms with Gasteiger partial charge < -0.3 is 14.5 Å². The van der Waals surface area contributed by atoms with Gasteiger partial charge in [-0.3, -0.25) is 19.8 Å². The average Bonchev–Trinajstić information content (AvgIpc) is 2.98. The van der Waals surface area contributed by atoms with Gasteiger partial charge in [0.1, 0.15) is 6.33 Å². The van der Waals surface area contributed by atoms with Crippen LogP contribution in [0, 0.1) is 16.0 Å². The second-order valence-corrected chi connectivity index (χ2v) is 9.91. The number of carbonyl (C=O) groups excluding carboxylic acids is 1. The summed E-state index contributed by atoms with van der Waals surface area (Å²) in [5.41, 5.74) is 2.33. The molecule has 1 atom stereocenters. The van der Waals surface area contributed by atoms with Crippen molar-refractivity contribution in [1.82, 2.24) is 14.9 Å². The molecule has 204 valence electrons. The minimum Gasteiger partial charge on any atom is -0.466 e. The van der Waals surface area contributed by atoms with E-state index in [0.717, 1.165) is 19.5 Å². The summed E-state index contributed by atoms with van der Waals surface area (Å²) in [5, 5.41) is 12.4. The highest BCUT2D eigenvalue weighted by molar-refractivity contribution is 5.75. The van der Waals surface area contributed by atoms with Crippen molar-refractivity contribution in [2.45, 2.75) is 25.8 Å². The predicted octanol–water partition coefficient (Wildman–Crippen LogP) is 4.08. The number of piperazine rings is 1. The maximum Gasteiger partial charge on any atom is 0.353 e. The van der Waals surface area contributed by atoms with Crippen LogP contribution in [0.5, 0.6) is 0 Å². The van der Waals surface area contributed by atoms with E-state index in [-0.39, 0.29) is 34.4 Å². The van der Waals surface area contributed by atoms with E-state index in [1.54, 1.807) is 6.92 Å². The normalized spacial score (nSPS) is 18.3. The van der Waals surface area contributed by atoms with Gasteiger partial charge in [0.15, 0.2) is 0 Å². The maximum atomic E-state index is 12.4. The third kappa shape index (κ3) is 5.85. The second kappa shape index (κ2) is 12.2. The highest BCUT2D eigenvalue weighted by Crippen LogP contribution is 2.37. The summed E-state index contributed by atoms with van der Waals surface area (Å²) in [4.78, 5) is 39.3. The quantitative estimate of drug-likeness (QED) is 0.242. The van der Waals surface area contributed by atoms with Crippen molar-refractivity contribution in [3.8, 4) is 0 Å². The summed E-state index contributed by atoms with van der Waals surface area (Å²) < 4.78 is 5.21. The monoisotopic (exact) mass is 530 g/mol. The number of hydrogen-bond donors (Lipinski definition) is 0. The average molecular weight is 531 g/mol. The fourth-order valence-electron chi connectivity index (χ4n) is 5.69. The molecule has 5 rings (SSSR count). The van der Waals surface area contributed by atoms with Gasteiger partial charge in [0.25, 0.3) is 0 Å². The molecule has 1 unspecified atom stereocenters. The standard InChI is InChI=1S/C29H34N6O4/c1-2-39-29(36)24-14-9-15-34(20-24)28-26(35(37)38)27(30-21-31-28)33-18-16-32(17-19-33)25(22-10-5-3-6-11-22)23-12-7-4-8-13-23/h3-8,10-13,21,24-25H,2,9,14-20H2,1H3. The molecular weight excluding hydrogens is 496 g/mol. The van der Waals surface area contributed by atoms with Crippen molar-refractivity contribution in [2.24, 2.45) is 5.92 Å². The Morgan fingerprint density at radius 2 is 1.54 bits per heavy atom. The zero-order valence-electron chi connectivity index (χ0n) is 22.2. The Bertz CT molecular complexity index is 1230. The molecule has 0 bridgehead atoms. The Morgan fingerprint density at radius 3 is 2.10 bits per heavy atom. The van der Waals surface area contributed by atoms with Crippen LogP contribution in [-0.4, -0.2) is 71.6 Å². The second-order valence-electron chi connectivity index (χ2n) is 9.91. The zero-order chi connectivity index (χ0) is 27.2. The molecule has 1 aromatic heterocycles. The lowest BCUT2D eigenvalue weighted by atomic mass is 9.96. The molecule has 2 fully saturated rings. The highest BCUT2D eigenvalue weighted by Gasteiger charge is 2.36. The molecule has 39 heavy (non-hydrogen) atoms. The van der Waals surface area contributed by atoms with Crippen molar-refractivity contribution in [3.63, 3.8) is 0 Å². The molecule has 2 aromatic carbocycles. The molecular formula is C29H34N6O4. The van der Waals surface area contributed by atoms with Gasteiger partial charge >= 0.3 is 11.7 Å². The molecule has 10 heteroatoms. The Morgan fingerprint density at radius 1 is 0.949 bits per heavy atom. The molecule has 0 spiro atoms. The summed E-state index contributed by atoms with van der Waals surface area (Å²) in [7, 11) is 0. The molecule has 3 heterocycles. The van der Waals surface area contributed by atoms with Gasteiger partial charge in [-0.2, -0.15) is 0 Å². The van der Waals surface area contributed by atoms with Crippen molar-refractivity contribution >= 4 is 23.3 Å². The van der Waals surface area contributed by atoms with Crippen LogP contribution in [0.2, 0.25) is 0 Å². The molecule has 0 amide bonds. The van der Waals surface area contributed by atoms with Gasteiger partial charge in [-0.05, 0) is 30.9 Å². The topological polar surface area (TPSA) is 105 Å². The number of nitro groups is 1. The van der Waals surface area contributed by atoms with E-state index in [1.165, 1.54) is 17.5 Å². The Balaban J connectivity index is 1.37. The SMILES string of the molecule is CCOC(=O)C1CCCN(c2ncnc(N3CCN(C(c4ccccc4)c4ccccc4)CC3)c2[N+](=O)[O-])C1. The van der Waals surface area contributed by atoms with Crippen LogP contribution in [0.3, 0.4) is 0 Å². The third-order valence-electron chi connectivity index (χ3n) is 7.52. The van der Waals surface area contributed by atoms with E-state index in [9.17, 15) is 14.9 Å². The van der Waals surface area contributed by atoms with Crippen LogP contribution in [0.1, 0.15) is 36.9 Å². The summed E-state index contributed by atoms with van der Waals surface area (Å²) in [6.07, 6.45) is 2.83. The number of piperidine rings is 1. The van der Waals surface area contributed by atoms with Gasteiger partial charge in [-0.25, -0.2) is 9.97 Å². The van der Waals surface area contributed by atoms with E-state index < -0.39 is 0 Å². The number of nitrogens with zero attached hydrogens (tertiary/aromatic N) is 6. The fourth-order valence-corrected chi connectivity index (χ4v) is 5.69. The highest BCUT2D eigenvalue weighted by atomic mass is 16.6. The van der Waals surface area contributed by atoms with Crippen LogP contribution in [-0.2, 0) is 9.53 Å². The molecule has 10 nitrogen and oxygen atoms in total. The maximum absolute atomic E-state index is 12.4. The Labute approximate surface area is 228 Å². The van der Waals surface area contributed by atoms with E-state index in [4.69, 9.17) is 4.74 Å². The molecule has 0 radical (unpaired) electrons. The number of benzene rings is 2. The molecule has 0 N–H and O–H groups in total. The van der Waals surface area contributed by atoms with Gasteiger partial charge in [0, 0.05) is 39.3 Å². The van der Waals surface area contributed by atoms with Crippen LogP contribution in [0.4, 0.5) is 17.3 Å². The molecule has 2 aliphatic rings. The molecule has 2 aliphatic heterocycles. The van der Waals surface area contributed by atoms with E-state index in [1.807, 2.05) is 21.9 Å². The molecule has 0 saturated carbocycles. The first-order valence-electron chi connectivity index (χ1n) is 13.6. The Kier molecular flexibility index (Phi) is 8.31. The van der Waals surface area contributed by atoms with Gasteiger partial charge in [-0.15, -0.1) is 0 Å². The summed E-state index contributed by atoms with van der Waals surface area (Å²) in [5.74, 6) is 0.0153. The number of anilines is 2. The lowest BCUT2D eigenvalue weighted by molar-refractivity contribution is -0.383. The predicted molar refractivity (Wildman–Crippen MR) is 149 cm³/mol. The van der Waals surface area contributed by atoms with E-state index >= 15 is 0 Å². The van der Waals surface area contributed by atoms with Crippen molar-refractivity contribution in [3.05, 3.63) is 88.2 Å². The minimum atomic E-state index is -0.387. The van der Waals surface area contributed by atoms with Crippen LogP contribution in [0.25, 0.3) is 0 Å².